The Morgan fingerprint density at radius 3 is 3.07 bits per heavy atom. The number of rotatable bonds is 4. The molecule has 0 radical (unpaired) electrons. The molecule has 4 nitrogen and oxygen atoms in total. The van der Waals surface area contributed by atoms with Crippen LogP contribution in [0.5, 0.6) is 0 Å². The highest BCUT2D eigenvalue weighted by atomic mass is 35.5. The second-order valence-electron chi connectivity index (χ2n) is 2.69. The van der Waals surface area contributed by atoms with Crippen molar-refractivity contribution in [2.75, 3.05) is 13.2 Å². The van der Waals surface area contributed by atoms with Crippen molar-refractivity contribution in [2.45, 2.75) is 6.42 Å². The van der Waals surface area contributed by atoms with E-state index in [2.05, 4.69) is 10.3 Å². The Bertz CT molecular complexity index is 317. The maximum absolute atomic E-state index is 11.4. The Balaban J connectivity index is 2.56. The summed E-state index contributed by atoms with van der Waals surface area (Å²) in [7, 11) is 0. The predicted octanol–water partition coefficient (Wildman–Crippen LogP) is 0.847. The zero-order valence-electron chi connectivity index (χ0n) is 7.53. The summed E-state index contributed by atoms with van der Waals surface area (Å²) in [5, 5.41) is 11.5. The van der Waals surface area contributed by atoms with Crippen molar-refractivity contribution in [3.63, 3.8) is 0 Å². The first-order valence-corrected chi connectivity index (χ1v) is 4.62. The summed E-state index contributed by atoms with van der Waals surface area (Å²) in [6.07, 6.45) is 3.47. The Labute approximate surface area is 86.9 Å². The molecule has 1 amide bonds. The number of nitrogens with one attached hydrogen (secondary N) is 1. The number of hydrogen-bond acceptors (Lipinski definition) is 3. The molecule has 0 spiro atoms. The minimum absolute atomic E-state index is 0.0566. The van der Waals surface area contributed by atoms with Gasteiger partial charge in [0.25, 0.3) is 5.91 Å². The third kappa shape index (κ3) is 2.97. The molecule has 1 rings (SSSR count). The summed E-state index contributed by atoms with van der Waals surface area (Å²) in [6, 6.07) is 1.56. The molecule has 0 saturated heterocycles. The van der Waals surface area contributed by atoms with Gasteiger partial charge in [0, 0.05) is 25.5 Å². The molecule has 0 fully saturated rings. The fourth-order valence-corrected chi connectivity index (χ4v) is 1.11. The zero-order chi connectivity index (χ0) is 10.4. The largest absolute Gasteiger partial charge is 0.396 e. The van der Waals surface area contributed by atoms with Gasteiger partial charge in [0.2, 0.25) is 0 Å². The van der Waals surface area contributed by atoms with Gasteiger partial charge < -0.3 is 10.4 Å². The number of hydrogen-bond donors (Lipinski definition) is 2. The fourth-order valence-electron chi connectivity index (χ4n) is 0.921. The standard InChI is InChI=1S/C9H11ClN2O2/c10-8-2-4-11-6-7(8)9(14)12-3-1-5-13/h2,4,6,13H,1,3,5H2,(H,12,14). The van der Waals surface area contributed by atoms with Crippen molar-refractivity contribution in [1.29, 1.82) is 0 Å². The molecular formula is C9H11ClN2O2. The van der Waals surface area contributed by atoms with Crippen LogP contribution in [-0.4, -0.2) is 29.1 Å². The maximum atomic E-state index is 11.4. The van der Waals surface area contributed by atoms with E-state index < -0.39 is 0 Å². The molecule has 1 aromatic rings. The lowest BCUT2D eigenvalue weighted by molar-refractivity contribution is 0.0951. The quantitative estimate of drug-likeness (QED) is 0.731. The lowest BCUT2D eigenvalue weighted by atomic mass is 10.2. The second-order valence-corrected chi connectivity index (χ2v) is 3.10. The topological polar surface area (TPSA) is 62.2 Å². The summed E-state index contributed by atoms with van der Waals surface area (Å²) in [4.78, 5) is 15.2. The molecule has 0 bridgehead atoms. The average molecular weight is 215 g/mol. The van der Waals surface area contributed by atoms with E-state index in [1.165, 1.54) is 12.4 Å². The molecule has 0 aliphatic heterocycles. The molecule has 0 aromatic carbocycles. The Hall–Kier alpha value is -1.13. The number of aliphatic hydroxyl groups excluding tert-OH is 1. The first kappa shape index (κ1) is 10.9. The molecule has 1 heterocycles. The van der Waals surface area contributed by atoms with Crippen molar-refractivity contribution >= 4 is 17.5 Å². The van der Waals surface area contributed by atoms with Crippen molar-refractivity contribution < 1.29 is 9.90 Å². The van der Waals surface area contributed by atoms with Crippen LogP contribution in [0.15, 0.2) is 18.5 Å². The number of pyridine rings is 1. The van der Waals surface area contributed by atoms with Crippen molar-refractivity contribution in [3.8, 4) is 0 Å². The van der Waals surface area contributed by atoms with Crippen molar-refractivity contribution in [3.05, 3.63) is 29.0 Å². The van der Waals surface area contributed by atoms with Gasteiger partial charge in [-0.05, 0) is 12.5 Å². The van der Waals surface area contributed by atoms with Gasteiger partial charge in [-0.3, -0.25) is 9.78 Å². The molecule has 0 aliphatic carbocycles. The number of carbonyl (C=O) groups excluding carboxylic acids is 1. The van der Waals surface area contributed by atoms with Gasteiger partial charge >= 0.3 is 0 Å². The number of aromatic nitrogens is 1. The summed E-state index contributed by atoms with van der Waals surface area (Å²) < 4.78 is 0. The van der Waals surface area contributed by atoms with E-state index in [1.54, 1.807) is 6.07 Å². The van der Waals surface area contributed by atoms with Crippen LogP contribution < -0.4 is 5.32 Å². The third-order valence-corrected chi connectivity index (χ3v) is 1.96. The van der Waals surface area contributed by atoms with Gasteiger partial charge in [-0.15, -0.1) is 0 Å². The first-order chi connectivity index (χ1) is 6.75. The van der Waals surface area contributed by atoms with Gasteiger partial charge in [-0.2, -0.15) is 0 Å². The van der Waals surface area contributed by atoms with E-state index in [0.717, 1.165) is 0 Å². The molecule has 0 atom stereocenters. The highest BCUT2D eigenvalue weighted by Crippen LogP contribution is 2.12. The van der Waals surface area contributed by atoms with Crippen molar-refractivity contribution in [2.24, 2.45) is 0 Å². The minimum Gasteiger partial charge on any atom is -0.396 e. The average Bonchev–Trinajstić information content (AvgIpc) is 2.18. The monoisotopic (exact) mass is 214 g/mol. The molecular weight excluding hydrogens is 204 g/mol. The maximum Gasteiger partial charge on any atom is 0.254 e. The molecule has 14 heavy (non-hydrogen) atoms. The Morgan fingerprint density at radius 1 is 1.64 bits per heavy atom. The molecule has 0 saturated carbocycles. The highest BCUT2D eigenvalue weighted by Gasteiger charge is 2.08. The molecule has 2 N–H and O–H groups in total. The number of nitrogens with zero attached hydrogens (tertiary/aromatic N) is 1. The summed E-state index contributed by atoms with van der Waals surface area (Å²) >= 11 is 5.78. The summed E-state index contributed by atoms with van der Waals surface area (Å²) in [5.41, 5.74) is 0.354. The van der Waals surface area contributed by atoms with Crippen LogP contribution in [0, 0.1) is 0 Å². The number of aliphatic hydroxyl groups is 1. The van der Waals surface area contributed by atoms with Crippen LogP contribution in [-0.2, 0) is 0 Å². The fraction of sp³-hybridized carbons (Fsp3) is 0.333. The predicted molar refractivity (Wildman–Crippen MR) is 53.3 cm³/mol. The third-order valence-electron chi connectivity index (χ3n) is 1.63. The van der Waals surface area contributed by atoms with Crippen LogP contribution in [0.2, 0.25) is 5.02 Å². The van der Waals surface area contributed by atoms with Crippen molar-refractivity contribution in [1.82, 2.24) is 10.3 Å². The van der Waals surface area contributed by atoms with Gasteiger partial charge in [0.05, 0.1) is 10.6 Å². The number of carbonyl (C=O) groups is 1. The van der Waals surface area contributed by atoms with Gasteiger partial charge in [0.15, 0.2) is 0 Å². The first-order valence-electron chi connectivity index (χ1n) is 4.24. The van der Waals surface area contributed by atoms with E-state index in [9.17, 15) is 4.79 Å². The summed E-state index contributed by atoms with van der Waals surface area (Å²) in [6.45, 7) is 0.488. The van der Waals surface area contributed by atoms with E-state index in [4.69, 9.17) is 16.7 Å². The minimum atomic E-state index is -0.267. The van der Waals surface area contributed by atoms with Gasteiger partial charge in [-0.25, -0.2) is 0 Å². The van der Waals surface area contributed by atoms with Crippen LogP contribution in [0.4, 0.5) is 0 Å². The SMILES string of the molecule is O=C(NCCCO)c1cnccc1Cl. The highest BCUT2D eigenvalue weighted by molar-refractivity contribution is 6.33. The number of amides is 1. The molecule has 0 aliphatic rings. The van der Waals surface area contributed by atoms with E-state index in [1.807, 2.05) is 0 Å². The van der Waals surface area contributed by atoms with Crippen LogP contribution in [0.1, 0.15) is 16.8 Å². The van der Waals surface area contributed by atoms with E-state index in [-0.39, 0.29) is 12.5 Å². The van der Waals surface area contributed by atoms with Gasteiger partial charge in [-0.1, -0.05) is 11.6 Å². The van der Waals surface area contributed by atoms with E-state index >= 15 is 0 Å². The smallest absolute Gasteiger partial charge is 0.254 e. The van der Waals surface area contributed by atoms with Crippen LogP contribution in [0.3, 0.4) is 0 Å². The lowest BCUT2D eigenvalue weighted by Gasteiger charge is -2.04. The Kier molecular flexibility index (Phi) is 4.35. The van der Waals surface area contributed by atoms with Crippen LogP contribution in [0.25, 0.3) is 0 Å². The van der Waals surface area contributed by atoms with Gasteiger partial charge in [0.1, 0.15) is 0 Å². The summed E-state index contributed by atoms with van der Waals surface area (Å²) in [5.74, 6) is -0.267. The lowest BCUT2D eigenvalue weighted by Crippen LogP contribution is -2.25. The second kappa shape index (κ2) is 5.57. The molecule has 1 aromatic heterocycles. The zero-order valence-corrected chi connectivity index (χ0v) is 8.29. The Morgan fingerprint density at radius 2 is 2.43 bits per heavy atom. The van der Waals surface area contributed by atoms with E-state index in [0.29, 0.717) is 23.6 Å². The van der Waals surface area contributed by atoms with Crippen LogP contribution >= 0.6 is 11.6 Å². The molecule has 76 valence electrons. The molecule has 0 unspecified atom stereocenters. The number of halogens is 1. The molecule has 5 heteroatoms. The normalized spacial score (nSPS) is 9.86.